The molecule has 0 N–H and O–H groups in total. The van der Waals surface area contributed by atoms with Gasteiger partial charge in [0.25, 0.3) is 17.6 Å². The Hall–Kier alpha value is -3.40. The van der Waals surface area contributed by atoms with Crippen molar-refractivity contribution in [2.45, 2.75) is 19.3 Å². The average Bonchev–Trinajstić information content (AvgIpc) is 3.26. The number of benzene rings is 1. The third-order valence-electron chi connectivity index (χ3n) is 5.99. The summed E-state index contributed by atoms with van der Waals surface area (Å²) in [6, 6.07) is 8.10. The van der Waals surface area contributed by atoms with Crippen LogP contribution in [-0.4, -0.2) is 71.0 Å². The van der Waals surface area contributed by atoms with Gasteiger partial charge >= 0.3 is 0 Å². The predicted octanol–water partition coefficient (Wildman–Crippen LogP) is 3.20. The molecular weight excluding hydrogens is 459 g/mol. The molecule has 8 nitrogen and oxygen atoms in total. The number of hydrogen-bond acceptors (Lipinski definition) is 7. The quantitative estimate of drug-likeness (QED) is 0.394. The number of nitrogens with zero attached hydrogens (tertiary/aromatic N) is 4. The number of rotatable bonds is 6. The van der Waals surface area contributed by atoms with E-state index in [0.29, 0.717) is 24.5 Å². The van der Waals surface area contributed by atoms with Gasteiger partial charge in [-0.3, -0.25) is 14.4 Å². The molecule has 2 aromatic heterocycles. The summed E-state index contributed by atoms with van der Waals surface area (Å²) in [4.78, 5) is 45.6. The molecule has 1 fully saturated rings. The van der Waals surface area contributed by atoms with Crippen LogP contribution in [0.4, 0.5) is 4.39 Å². The largest absolute Gasteiger partial charge is 0.494 e. The first-order valence-electron chi connectivity index (χ1n) is 10.9. The van der Waals surface area contributed by atoms with Crippen LogP contribution in [0.25, 0.3) is 11.0 Å². The predicted molar refractivity (Wildman–Crippen MR) is 126 cm³/mol. The van der Waals surface area contributed by atoms with E-state index in [1.807, 2.05) is 0 Å². The zero-order chi connectivity index (χ0) is 24.4. The lowest BCUT2D eigenvalue weighted by Crippen LogP contribution is -2.39. The van der Waals surface area contributed by atoms with Crippen molar-refractivity contribution < 1.29 is 23.5 Å². The standard InChI is InChI=1S/C24H25FN4O4S/c1-28(2)24(32)21(30)22-19-17(27-34-22)13-18(33-3)20(26-19)23(31)29-10-8-15(9-11-29)12-14-4-6-16(25)7-5-14/h4-7,13,15H,8-12H2,1-3H3. The van der Waals surface area contributed by atoms with Gasteiger partial charge in [0, 0.05) is 33.3 Å². The van der Waals surface area contributed by atoms with Crippen LogP contribution in [0.15, 0.2) is 30.3 Å². The number of methoxy groups -OCH3 is 1. The van der Waals surface area contributed by atoms with Gasteiger partial charge < -0.3 is 14.5 Å². The highest BCUT2D eigenvalue weighted by Gasteiger charge is 2.30. The number of carbonyl (C=O) groups excluding carboxylic acids is 3. The van der Waals surface area contributed by atoms with E-state index < -0.39 is 11.7 Å². The zero-order valence-corrected chi connectivity index (χ0v) is 20.0. The summed E-state index contributed by atoms with van der Waals surface area (Å²) in [5, 5.41) is 0. The van der Waals surface area contributed by atoms with Gasteiger partial charge in [-0.25, -0.2) is 9.37 Å². The Bertz CT molecular complexity index is 1230. The molecule has 0 aliphatic carbocycles. The van der Waals surface area contributed by atoms with Crippen LogP contribution in [0.3, 0.4) is 0 Å². The van der Waals surface area contributed by atoms with Crippen molar-refractivity contribution in [2.24, 2.45) is 5.92 Å². The topological polar surface area (TPSA) is 92.7 Å². The second kappa shape index (κ2) is 9.84. The molecule has 1 aromatic carbocycles. The third kappa shape index (κ3) is 4.77. The molecule has 1 aliphatic heterocycles. The number of ether oxygens (including phenoxy) is 1. The number of likely N-dealkylation sites (N-methyl/N-ethyl adjacent to an activating group) is 1. The molecule has 0 spiro atoms. The lowest BCUT2D eigenvalue weighted by atomic mass is 9.90. The highest BCUT2D eigenvalue weighted by Crippen LogP contribution is 2.30. The Balaban J connectivity index is 1.52. The Labute approximate surface area is 200 Å². The van der Waals surface area contributed by atoms with E-state index in [4.69, 9.17) is 4.74 Å². The van der Waals surface area contributed by atoms with Gasteiger partial charge in [0.2, 0.25) is 0 Å². The molecule has 178 valence electrons. The van der Waals surface area contributed by atoms with Crippen molar-refractivity contribution in [1.82, 2.24) is 19.2 Å². The maximum atomic E-state index is 13.3. The summed E-state index contributed by atoms with van der Waals surface area (Å²) in [5.41, 5.74) is 1.79. The van der Waals surface area contributed by atoms with E-state index in [1.165, 1.54) is 38.2 Å². The maximum absolute atomic E-state index is 13.3. The van der Waals surface area contributed by atoms with Gasteiger partial charge in [-0.1, -0.05) is 12.1 Å². The van der Waals surface area contributed by atoms with Crippen molar-refractivity contribution in [3.05, 3.63) is 52.3 Å². The maximum Gasteiger partial charge on any atom is 0.295 e. The first-order chi connectivity index (χ1) is 16.3. The number of aromatic nitrogens is 2. The first kappa shape index (κ1) is 23.7. The molecule has 0 saturated carbocycles. The summed E-state index contributed by atoms with van der Waals surface area (Å²) in [7, 11) is 4.44. The molecule has 3 aromatic rings. The number of halogens is 1. The van der Waals surface area contributed by atoms with Crippen molar-refractivity contribution in [3.8, 4) is 5.75 Å². The minimum absolute atomic E-state index is 0.0959. The average molecular weight is 485 g/mol. The highest BCUT2D eigenvalue weighted by molar-refractivity contribution is 7.10. The van der Waals surface area contributed by atoms with Crippen LogP contribution in [0.5, 0.6) is 5.75 Å². The van der Waals surface area contributed by atoms with E-state index in [-0.39, 0.29) is 33.6 Å². The van der Waals surface area contributed by atoms with Crippen molar-refractivity contribution in [3.63, 3.8) is 0 Å². The van der Waals surface area contributed by atoms with Gasteiger partial charge in [-0.2, -0.15) is 4.37 Å². The number of fused-ring (bicyclic) bond motifs is 1. The Morgan fingerprint density at radius 2 is 1.85 bits per heavy atom. The summed E-state index contributed by atoms with van der Waals surface area (Å²) < 4.78 is 22.8. The molecule has 0 unspecified atom stereocenters. The van der Waals surface area contributed by atoms with Gasteiger partial charge in [0.05, 0.1) is 7.11 Å². The molecular formula is C24H25FN4O4S. The summed E-state index contributed by atoms with van der Waals surface area (Å²) in [6.45, 7) is 1.11. The second-order valence-corrected chi connectivity index (χ2v) is 9.29. The smallest absolute Gasteiger partial charge is 0.295 e. The van der Waals surface area contributed by atoms with Crippen molar-refractivity contribution in [1.29, 1.82) is 0 Å². The number of pyridine rings is 1. The number of hydrogen-bond donors (Lipinski definition) is 0. The van der Waals surface area contributed by atoms with Crippen LogP contribution < -0.4 is 4.74 Å². The van der Waals surface area contributed by atoms with E-state index in [9.17, 15) is 18.8 Å². The van der Waals surface area contributed by atoms with Crippen LogP contribution in [0, 0.1) is 11.7 Å². The lowest BCUT2D eigenvalue weighted by Gasteiger charge is -2.32. The van der Waals surface area contributed by atoms with Crippen LogP contribution in [-0.2, 0) is 11.2 Å². The van der Waals surface area contributed by atoms with E-state index in [0.717, 1.165) is 36.4 Å². The zero-order valence-electron chi connectivity index (χ0n) is 19.2. The summed E-state index contributed by atoms with van der Waals surface area (Å²) >= 11 is 0.880. The fourth-order valence-corrected chi connectivity index (χ4v) is 4.80. The van der Waals surface area contributed by atoms with Crippen LogP contribution in [0.1, 0.15) is 38.6 Å². The molecule has 0 radical (unpaired) electrons. The molecule has 1 aliphatic rings. The molecule has 0 atom stereocenters. The van der Waals surface area contributed by atoms with Crippen molar-refractivity contribution >= 4 is 40.2 Å². The molecule has 3 heterocycles. The number of piperidine rings is 1. The Kier molecular flexibility index (Phi) is 6.87. The van der Waals surface area contributed by atoms with E-state index >= 15 is 0 Å². The first-order valence-corrected chi connectivity index (χ1v) is 11.7. The monoisotopic (exact) mass is 484 g/mol. The van der Waals surface area contributed by atoms with Gasteiger partial charge in [0.1, 0.15) is 21.7 Å². The summed E-state index contributed by atoms with van der Waals surface area (Å²) in [6.07, 6.45) is 2.46. The Morgan fingerprint density at radius 1 is 1.18 bits per heavy atom. The normalized spacial score (nSPS) is 14.3. The molecule has 0 bridgehead atoms. The molecule has 1 saturated heterocycles. The van der Waals surface area contributed by atoms with Gasteiger partial charge in [-0.05, 0) is 54.4 Å². The molecule has 2 amide bonds. The fourth-order valence-electron chi connectivity index (χ4n) is 4.06. The SMILES string of the molecule is COc1cc2nsc(C(=O)C(=O)N(C)C)c2nc1C(=O)N1CCC(Cc2ccc(F)cc2)CC1. The van der Waals surface area contributed by atoms with Gasteiger partial charge in [0.15, 0.2) is 11.4 Å². The number of Topliss-reactive ketones (excluding diaryl/α,β-unsaturated/α-hetero) is 1. The van der Waals surface area contributed by atoms with E-state index in [1.54, 1.807) is 23.1 Å². The molecule has 4 rings (SSSR count). The lowest BCUT2D eigenvalue weighted by molar-refractivity contribution is -0.124. The minimum Gasteiger partial charge on any atom is -0.494 e. The molecule has 10 heteroatoms. The van der Waals surface area contributed by atoms with E-state index in [2.05, 4.69) is 9.36 Å². The number of likely N-dealkylation sites (tertiary alicyclic amines) is 1. The van der Waals surface area contributed by atoms with Crippen LogP contribution >= 0.6 is 11.5 Å². The summed E-state index contributed by atoms with van der Waals surface area (Å²) in [5.74, 6) is -1.26. The highest BCUT2D eigenvalue weighted by atomic mass is 32.1. The van der Waals surface area contributed by atoms with Gasteiger partial charge in [-0.15, -0.1) is 0 Å². The second-order valence-electron chi connectivity index (χ2n) is 8.51. The number of carbonyl (C=O) groups is 3. The van der Waals surface area contributed by atoms with Crippen molar-refractivity contribution in [2.75, 3.05) is 34.3 Å². The number of ketones is 1. The Morgan fingerprint density at radius 3 is 2.47 bits per heavy atom. The fraction of sp³-hybridized carbons (Fsp3) is 0.375. The minimum atomic E-state index is -0.713. The third-order valence-corrected chi connectivity index (χ3v) is 6.84. The number of amides is 2. The van der Waals surface area contributed by atoms with Crippen LogP contribution in [0.2, 0.25) is 0 Å². The molecule has 34 heavy (non-hydrogen) atoms.